The summed E-state index contributed by atoms with van der Waals surface area (Å²) in [7, 11) is 0. The minimum absolute atomic E-state index is 0.000912. The second-order valence-corrected chi connectivity index (χ2v) is 13.0. The summed E-state index contributed by atoms with van der Waals surface area (Å²) in [5, 5.41) is 17.7. The van der Waals surface area contributed by atoms with E-state index in [1.54, 1.807) is 36.4 Å². The molecular formula is C34H49FN8O7. The fraction of sp³-hybridized carbons (Fsp3) is 0.559. The van der Waals surface area contributed by atoms with E-state index in [-0.39, 0.29) is 55.8 Å². The number of nitrogens with one attached hydrogen (secondary N) is 4. The summed E-state index contributed by atoms with van der Waals surface area (Å²) in [5.41, 5.74) is 12.9. The van der Waals surface area contributed by atoms with Crippen LogP contribution in [0.25, 0.3) is 0 Å². The van der Waals surface area contributed by atoms with Crippen molar-refractivity contribution in [3.05, 3.63) is 65.7 Å². The van der Waals surface area contributed by atoms with Crippen molar-refractivity contribution in [1.82, 2.24) is 36.5 Å². The molecule has 0 radical (unpaired) electrons. The van der Waals surface area contributed by atoms with Gasteiger partial charge in [0.15, 0.2) is 11.6 Å². The summed E-state index contributed by atoms with van der Waals surface area (Å²) in [6.07, 6.45) is 7.67. The van der Waals surface area contributed by atoms with Crippen molar-refractivity contribution in [3.63, 3.8) is 0 Å². The second kappa shape index (κ2) is 18.5. The Morgan fingerprint density at radius 1 is 1.26 bits per heavy atom. The number of hydrazine groups is 2. The maximum Gasteiger partial charge on any atom is 0.329 e. The van der Waals surface area contributed by atoms with Crippen molar-refractivity contribution in [2.75, 3.05) is 32.7 Å². The molecule has 16 heteroatoms. The Hall–Kier alpha value is -4.54. The number of hydrogen-bond donors (Lipinski definition) is 6. The molecule has 0 spiro atoms. The van der Waals surface area contributed by atoms with Crippen LogP contribution < -0.4 is 27.3 Å². The van der Waals surface area contributed by atoms with Gasteiger partial charge in [0.1, 0.15) is 24.6 Å². The lowest BCUT2D eigenvalue weighted by molar-refractivity contribution is -0.159. The van der Waals surface area contributed by atoms with Gasteiger partial charge in [-0.15, -0.1) is 5.53 Å². The van der Waals surface area contributed by atoms with Crippen molar-refractivity contribution in [2.24, 2.45) is 17.6 Å². The number of esters is 1. The molecule has 5 atom stereocenters. The van der Waals surface area contributed by atoms with E-state index in [2.05, 4.69) is 26.6 Å². The van der Waals surface area contributed by atoms with E-state index in [1.165, 1.54) is 17.1 Å². The molecule has 4 rings (SSSR count). The van der Waals surface area contributed by atoms with Crippen LogP contribution in [-0.2, 0) is 25.5 Å². The molecule has 274 valence electrons. The zero-order valence-corrected chi connectivity index (χ0v) is 28.8. The number of carbonyl (C=O) groups excluding carboxylic acids is 4. The summed E-state index contributed by atoms with van der Waals surface area (Å²) in [5.74, 6) is -2.87. The molecule has 3 aliphatic rings. The highest BCUT2D eigenvalue weighted by atomic mass is 19.1. The number of amides is 3. The summed E-state index contributed by atoms with van der Waals surface area (Å²) < 4.78 is 26.2. The number of halogens is 1. The van der Waals surface area contributed by atoms with Gasteiger partial charge in [-0.25, -0.2) is 14.2 Å². The van der Waals surface area contributed by atoms with E-state index in [0.717, 1.165) is 12.0 Å². The van der Waals surface area contributed by atoms with Gasteiger partial charge in [0.2, 0.25) is 11.8 Å². The van der Waals surface area contributed by atoms with Crippen LogP contribution in [0.2, 0.25) is 0 Å². The fourth-order valence-electron chi connectivity index (χ4n) is 5.99. The van der Waals surface area contributed by atoms with E-state index in [1.807, 2.05) is 13.8 Å². The number of rotatable bonds is 7. The summed E-state index contributed by atoms with van der Waals surface area (Å²) in [6.45, 7) is 6.96. The van der Waals surface area contributed by atoms with E-state index in [9.17, 15) is 28.7 Å². The van der Waals surface area contributed by atoms with Gasteiger partial charge in [-0.05, 0) is 31.8 Å². The number of aliphatic hydroxyl groups is 1. The molecule has 0 aromatic carbocycles. The van der Waals surface area contributed by atoms with Crippen LogP contribution in [0.3, 0.4) is 0 Å². The number of carbonyl (C=O) groups is 4. The smallest absolute Gasteiger partial charge is 0.329 e. The maximum atomic E-state index is 14.8. The highest BCUT2D eigenvalue weighted by Crippen LogP contribution is 2.27. The number of hydrogen-bond acceptors (Lipinski definition) is 12. The molecule has 2 bridgehead atoms. The lowest BCUT2D eigenvalue weighted by Gasteiger charge is -2.31. The first-order valence-corrected chi connectivity index (χ1v) is 17.0. The average molecular weight is 701 g/mol. The summed E-state index contributed by atoms with van der Waals surface area (Å²) in [4.78, 5) is 58.6. The Morgan fingerprint density at radius 3 is 2.80 bits per heavy atom. The summed E-state index contributed by atoms with van der Waals surface area (Å²) in [6, 6.07) is -0.911. The molecule has 3 amide bonds. The van der Waals surface area contributed by atoms with E-state index < -0.39 is 48.1 Å². The third kappa shape index (κ3) is 11.2. The van der Waals surface area contributed by atoms with E-state index in [4.69, 9.17) is 14.9 Å². The Labute approximate surface area is 291 Å². The van der Waals surface area contributed by atoms with E-state index >= 15 is 0 Å². The van der Waals surface area contributed by atoms with E-state index in [0.29, 0.717) is 38.0 Å². The van der Waals surface area contributed by atoms with Crippen LogP contribution in [0.15, 0.2) is 58.5 Å². The molecule has 1 saturated heterocycles. The molecule has 4 heterocycles. The second-order valence-electron chi connectivity index (χ2n) is 13.0. The normalized spacial score (nSPS) is 28.1. The number of allylic oxidation sites excluding steroid dienone is 2. The molecule has 7 N–H and O–H groups in total. The van der Waals surface area contributed by atoms with Crippen LogP contribution in [-0.4, -0.2) is 101 Å². The first kappa shape index (κ1) is 38.3. The molecule has 3 aliphatic heterocycles. The van der Waals surface area contributed by atoms with Crippen LogP contribution in [0.1, 0.15) is 62.8 Å². The van der Waals surface area contributed by atoms with Crippen LogP contribution in [0, 0.1) is 11.8 Å². The Balaban J connectivity index is 1.54. The number of aliphatic hydroxyl groups excluding tert-OH is 1. The SMILES string of the molecule is CC1=C\[C@@H](O)C[C@@H](F)Cc2nc(co2)C(=O)N2CCC[C@@H]2C(=O)OC(C(C)C)[C@H](CC(=O)NCCN2C=C(CN)NN2)/C=C/C(=O)NC\C=C\1. The Kier molecular flexibility index (Phi) is 14.1. The minimum atomic E-state index is -1.49. The van der Waals surface area contributed by atoms with Gasteiger partial charge in [0.05, 0.1) is 24.8 Å². The molecular weight excluding hydrogens is 651 g/mol. The molecule has 0 aliphatic carbocycles. The van der Waals surface area contributed by atoms with Crippen LogP contribution in [0.4, 0.5) is 4.39 Å². The molecule has 1 aromatic rings. The van der Waals surface area contributed by atoms with Gasteiger partial charge in [-0.2, -0.15) is 0 Å². The lowest BCUT2D eigenvalue weighted by Crippen LogP contribution is -2.45. The van der Waals surface area contributed by atoms with Crippen molar-refractivity contribution < 1.29 is 37.8 Å². The molecule has 1 unspecified atom stereocenters. The molecule has 1 fully saturated rings. The van der Waals surface area contributed by atoms with Gasteiger partial charge in [0, 0.05) is 51.1 Å². The van der Waals surface area contributed by atoms with Crippen molar-refractivity contribution >= 4 is 23.7 Å². The highest BCUT2D eigenvalue weighted by Gasteiger charge is 2.39. The average Bonchev–Trinajstić information content (AvgIpc) is 3.84. The maximum absolute atomic E-state index is 14.8. The Morgan fingerprint density at radius 2 is 2.06 bits per heavy atom. The van der Waals surface area contributed by atoms with Gasteiger partial charge in [0.25, 0.3) is 5.91 Å². The van der Waals surface area contributed by atoms with Crippen molar-refractivity contribution in [2.45, 2.75) is 77.3 Å². The number of cyclic esters (lactones) is 1. The predicted molar refractivity (Wildman–Crippen MR) is 181 cm³/mol. The quantitative estimate of drug-likeness (QED) is 0.220. The zero-order valence-electron chi connectivity index (χ0n) is 28.8. The Bertz CT molecular complexity index is 1470. The van der Waals surface area contributed by atoms with Crippen molar-refractivity contribution in [3.8, 4) is 0 Å². The highest BCUT2D eigenvalue weighted by molar-refractivity contribution is 5.95. The predicted octanol–water partition coefficient (Wildman–Crippen LogP) is 0.915. The third-order valence-electron chi connectivity index (χ3n) is 8.49. The molecule has 1 aromatic heterocycles. The number of ether oxygens (including phenoxy) is 1. The van der Waals surface area contributed by atoms with Gasteiger partial charge in [-0.3, -0.25) is 19.4 Å². The number of nitrogens with two attached hydrogens (primary N) is 1. The topological polar surface area (TPSA) is 204 Å². The number of aromatic nitrogens is 1. The van der Waals surface area contributed by atoms with Gasteiger partial charge in [-0.1, -0.05) is 43.7 Å². The molecule has 15 nitrogen and oxygen atoms in total. The van der Waals surface area contributed by atoms with Crippen LogP contribution in [0.5, 0.6) is 0 Å². The number of alkyl halides is 1. The number of nitrogens with zero attached hydrogens (tertiary/aromatic N) is 3. The van der Waals surface area contributed by atoms with Crippen molar-refractivity contribution in [1.29, 1.82) is 0 Å². The first-order chi connectivity index (χ1) is 23.9. The minimum Gasteiger partial charge on any atom is -0.460 e. The van der Waals surface area contributed by atoms with Gasteiger partial charge < -0.3 is 41.0 Å². The third-order valence-corrected chi connectivity index (χ3v) is 8.49. The fourth-order valence-corrected chi connectivity index (χ4v) is 5.99. The van der Waals surface area contributed by atoms with Crippen LogP contribution >= 0.6 is 0 Å². The van der Waals surface area contributed by atoms with Gasteiger partial charge >= 0.3 is 5.97 Å². The first-order valence-electron chi connectivity index (χ1n) is 17.0. The largest absolute Gasteiger partial charge is 0.460 e. The number of oxazole rings is 1. The monoisotopic (exact) mass is 700 g/mol. The molecule has 0 saturated carbocycles. The summed E-state index contributed by atoms with van der Waals surface area (Å²) >= 11 is 0. The lowest BCUT2D eigenvalue weighted by atomic mass is 9.89. The number of fused-ring (bicyclic) bond motifs is 3. The zero-order chi connectivity index (χ0) is 36.2. The standard InChI is InChI=1S/C34H49FN8O7/c1-21(2)32-23(15-30(46)38-11-13-42-19-25(18-36)40-41-42)8-9-29(45)37-10-4-6-22(3)14-26(44)16-24(35)17-31-39-27(20-49-31)33(47)43-12-5-7-28(43)34(48)50-32/h4,6,8-9,14,19-21,23-24,26,28,32,40-41,44H,5,7,10-13,15-18,36H2,1-3H3,(H,37,45)(H,38,46)/b6-4+,9-8+,22-14+/t23-,24+,26+,28+,32?/m0/s1. The molecule has 50 heavy (non-hydrogen) atoms.